The molecule has 1 N–H and O–H groups in total. The first-order chi connectivity index (χ1) is 6.49. The second-order valence-electron chi connectivity index (χ2n) is 3.26. The molecule has 0 aromatic rings. The molecule has 0 aromatic heterocycles. The van der Waals surface area contributed by atoms with Crippen LogP contribution in [0, 0.1) is 0 Å². The van der Waals surface area contributed by atoms with Crippen molar-refractivity contribution in [1.82, 2.24) is 4.90 Å². The van der Waals surface area contributed by atoms with E-state index in [1.54, 1.807) is 0 Å². The highest BCUT2D eigenvalue weighted by Crippen LogP contribution is 2.01. The lowest BCUT2D eigenvalue weighted by Crippen LogP contribution is -2.40. The van der Waals surface area contributed by atoms with E-state index in [-0.39, 0.29) is 31.5 Å². The topological polar surface area (TPSA) is 66.8 Å². The number of methoxy groups -OCH3 is 1. The molecule has 0 saturated carbocycles. The summed E-state index contributed by atoms with van der Waals surface area (Å²) in [6.07, 6.45) is -0.0341. The molecule has 14 heavy (non-hydrogen) atoms. The first-order valence-electron chi connectivity index (χ1n) is 4.49. The number of carboxylic acids is 1. The molecule has 0 atom stereocenters. The summed E-state index contributed by atoms with van der Waals surface area (Å²) in [7, 11) is 1.44. The van der Waals surface area contributed by atoms with Gasteiger partial charge in [-0.05, 0) is 13.8 Å². The number of hydrogen-bond donors (Lipinski definition) is 1. The van der Waals surface area contributed by atoms with Gasteiger partial charge in [-0.3, -0.25) is 9.59 Å². The minimum Gasteiger partial charge on any atom is -0.481 e. The third-order valence-electron chi connectivity index (χ3n) is 1.78. The average Bonchev–Trinajstić information content (AvgIpc) is 2.03. The van der Waals surface area contributed by atoms with E-state index in [1.165, 1.54) is 12.0 Å². The highest BCUT2D eigenvalue weighted by molar-refractivity contribution is 5.78. The molecule has 0 fully saturated rings. The molecule has 0 radical (unpaired) electrons. The van der Waals surface area contributed by atoms with E-state index in [2.05, 4.69) is 0 Å². The molecule has 0 rings (SSSR count). The Morgan fingerprint density at radius 2 is 2.00 bits per heavy atom. The van der Waals surface area contributed by atoms with Crippen molar-refractivity contribution in [3.63, 3.8) is 0 Å². The second kappa shape index (κ2) is 6.37. The minimum atomic E-state index is -0.902. The molecule has 1 amide bonds. The van der Waals surface area contributed by atoms with Gasteiger partial charge < -0.3 is 14.7 Å². The van der Waals surface area contributed by atoms with Crippen molar-refractivity contribution in [2.24, 2.45) is 0 Å². The van der Waals surface area contributed by atoms with Crippen molar-refractivity contribution in [2.45, 2.75) is 26.3 Å². The number of rotatable bonds is 6. The predicted octanol–water partition coefficient (Wildman–Crippen LogP) is 0.345. The average molecular weight is 203 g/mol. The molecule has 5 nitrogen and oxygen atoms in total. The fourth-order valence-electron chi connectivity index (χ4n) is 1.09. The Morgan fingerprint density at radius 1 is 1.43 bits per heavy atom. The smallest absolute Gasteiger partial charge is 0.305 e. The Bertz CT molecular complexity index is 203. The SMILES string of the molecule is COCC(=O)N(CCC(=O)O)C(C)C. The van der Waals surface area contributed by atoms with Crippen molar-refractivity contribution in [1.29, 1.82) is 0 Å². The third-order valence-corrected chi connectivity index (χ3v) is 1.78. The van der Waals surface area contributed by atoms with Crippen LogP contribution in [-0.2, 0) is 14.3 Å². The number of aliphatic carboxylic acids is 1. The summed E-state index contributed by atoms with van der Waals surface area (Å²) in [5.74, 6) is -1.08. The summed E-state index contributed by atoms with van der Waals surface area (Å²) in [6, 6.07) is -0.00278. The zero-order chi connectivity index (χ0) is 11.1. The van der Waals surface area contributed by atoms with Crippen LogP contribution in [0.1, 0.15) is 20.3 Å². The van der Waals surface area contributed by atoms with E-state index in [1.807, 2.05) is 13.8 Å². The molecule has 5 heteroatoms. The zero-order valence-corrected chi connectivity index (χ0v) is 8.82. The minimum absolute atomic E-state index is 0.00218. The lowest BCUT2D eigenvalue weighted by atomic mass is 10.3. The number of amides is 1. The maximum Gasteiger partial charge on any atom is 0.305 e. The maximum absolute atomic E-state index is 11.4. The van der Waals surface area contributed by atoms with E-state index in [9.17, 15) is 9.59 Å². The summed E-state index contributed by atoms with van der Waals surface area (Å²) in [6.45, 7) is 3.91. The van der Waals surface area contributed by atoms with Gasteiger partial charge in [0, 0.05) is 19.7 Å². The summed E-state index contributed by atoms with van der Waals surface area (Å²) < 4.78 is 4.70. The van der Waals surface area contributed by atoms with Crippen LogP contribution in [0.2, 0.25) is 0 Å². The third kappa shape index (κ3) is 4.81. The monoisotopic (exact) mass is 203 g/mol. The predicted molar refractivity (Wildman–Crippen MR) is 51.0 cm³/mol. The normalized spacial score (nSPS) is 10.3. The molecule has 82 valence electrons. The van der Waals surface area contributed by atoms with Crippen LogP contribution < -0.4 is 0 Å². The summed E-state index contributed by atoms with van der Waals surface area (Å²) in [5, 5.41) is 8.49. The van der Waals surface area contributed by atoms with E-state index in [0.717, 1.165) is 0 Å². The molecule has 0 saturated heterocycles. The number of nitrogens with zero attached hydrogens (tertiary/aromatic N) is 1. The Morgan fingerprint density at radius 3 is 2.36 bits per heavy atom. The lowest BCUT2D eigenvalue weighted by molar-refractivity contribution is -0.140. The van der Waals surface area contributed by atoms with Crippen molar-refractivity contribution in [2.75, 3.05) is 20.3 Å². The van der Waals surface area contributed by atoms with Gasteiger partial charge in [0.1, 0.15) is 6.61 Å². The Balaban J connectivity index is 4.14. The molecule has 0 aliphatic rings. The fourth-order valence-corrected chi connectivity index (χ4v) is 1.09. The van der Waals surface area contributed by atoms with Gasteiger partial charge in [-0.25, -0.2) is 0 Å². The summed E-state index contributed by atoms with van der Waals surface area (Å²) in [4.78, 5) is 23.2. The summed E-state index contributed by atoms with van der Waals surface area (Å²) >= 11 is 0. The van der Waals surface area contributed by atoms with Gasteiger partial charge in [0.2, 0.25) is 5.91 Å². The highest BCUT2D eigenvalue weighted by atomic mass is 16.5. The number of carbonyl (C=O) groups excluding carboxylic acids is 1. The number of carboxylic acid groups (broad SMARTS) is 1. The van der Waals surface area contributed by atoms with Gasteiger partial charge in [-0.2, -0.15) is 0 Å². The molecule has 0 spiro atoms. The van der Waals surface area contributed by atoms with Crippen LogP contribution in [0.5, 0.6) is 0 Å². The zero-order valence-electron chi connectivity index (χ0n) is 8.82. The molecule has 0 aromatic carbocycles. The largest absolute Gasteiger partial charge is 0.481 e. The first kappa shape index (κ1) is 12.9. The standard InChI is InChI=1S/C9H17NO4/c1-7(2)10(5-4-9(12)13)8(11)6-14-3/h7H,4-6H2,1-3H3,(H,12,13). The van der Waals surface area contributed by atoms with Crippen LogP contribution in [0.4, 0.5) is 0 Å². The maximum atomic E-state index is 11.4. The van der Waals surface area contributed by atoms with E-state index < -0.39 is 5.97 Å². The molecule has 0 bridgehead atoms. The quantitative estimate of drug-likeness (QED) is 0.676. The number of carbonyl (C=O) groups is 2. The number of ether oxygens (including phenoxy) is 1. The van der Waals surface area contributed by atoms with Crippen molar-refractivity contribution < 1.29 is 19.4 Å². The molecular formula is C9H17NO4. The Hall–Kier alpha value is -1.10. The van der Waals surface area contributed by atoms with E-state index in [0.29, 0.717) is 0 Å². The Kier molecular flexibility index (Phi) is 5.87. The van der Waals surface area contributed by atoms with Crippen LogP contribution in [-0.4, -0.2) is 48.2 Å². The second-order valence-corrected chi connectivity index (χ2v) is 3.26. The molecule has 0 aliphatic carbocycles. The van der Waals surface area contributed by atoms with Crippen molar-refractivity contribution in [3.05, 3.63) is 0 Å². The van der Waals surface area contributed by atoms with Gasteiger partial charge in [-0.1, -0.05) is 0 Å². The van der Waals surface area contributed by atoms with Gasteiger partial charge in [0.15, 0.2) is 0 Å². The molecule has 0 unspecified atom stereocenters. The molecule has 0 aliphatic heterocycles. The summed E-state index contributed by atoms with van der Waals surface area (Å²) in [5.41, 5.74) is 0. The van der Waals surface area contributed by atoms with Gasteiger partial charge in [-0.15, -0.1) is 0 Å². The van der Waals surface area contributed by atoms with Crippen LogP contribution in [0.3, 0.4) is 0 Å². The lowest BCUT2D eigenvalue weighted by Gasteiger charge is -2.25. The molecule has 0 heterocycles. The molecular weight excluding hydrogens is 186 g/mol. The van der Waals surface area contributed by atoms with Crippen LogP contribution in [0.25, 0.3) is 0 Å². The van der Waals surface area contributed by atoms with Crippen LogP contribution in [0.15, 0.2) is 0 Å². The van der Waals surface area contributed by atoms with Crippen molar-refractivity contribution in [3.8, 4) is 0 Å². The van der Waals surface area contributed by atoms with Crippen molar-refractivity contribution >= 4 is 11.9 Å². The number of hydrogen-bond acceptors (Lipinski definition) is 3. The first-order valence-corrected chi connectivity index (χ1v) is 4.49. The highest BCUT2D eigenvalue weighted by Gasteiger charge is 2.17. The van der Waals surface area contributed by atoms with Gasteiger partial charge in [0.05, 0.1) is 6.42 Å². The Labute approximate surface area is 83.6 Å². The van der Waals surface area contributed by atoms with E-state index >= 15 is 0 Å². The van der Waals surface area contributed by atoms with Gasteiger partial charge >= 0.3 is 5.97 Å². The fraction of sp³-hybridized carbons (Fsp3) is 0.778. The van der Waals surface area contributed by atoms with Gasteiger partial charge in [0.25, 0.3) is 0 Å². The van der Waals surface area contributed by atoms with E-state index in [4.69, 9.17) is 9.84 Å². The van der Waals surface area contributed by atoms with Crippen LogP contribution >= 0.6 is 0 Å².